The van der Waals surface area contributed by atoms with Crippen molar-refractivity contribution in [2.45, 2.75) is 25.3 Å². The normalized spacial score (nSPS) is 11.4. The average molecular weight is 405 g/mol. The van der Waals surface area contributed by atoms with Gasteiger partial charge in [0.05, 0.1) is 17.0 Å². The Morgan fingerprint density at radius 1 is 1.17 bits per heavy atom. The molecular formula is C23H24N4OS. The zero-order chi connectivity index (χ0) is 20.2. The Labute approximate surface area is 174 Å². The van der Waals surface area contributed by atoms with Crippen LogP contribution in [0.2, 0.25) is 0 Å². The van der Waals surface area contributed by atoms with Crippen molar-refractivity contribution in [3.05, 3.63) is 60.9 Å². The highest BCUT2D eigenvalue weighted by Crippen LogP contribution is 2.30. The first-order chi connectivity index (χ1) is 14.1. The third-order valence-electron chi connectivity index (χ3n) is 4.80. The number of aromatic nitrogens is 3. The molecule has 4 aromatic rings. The van der Waals surface area contributed by atoms with Gasteiger partial charge < -0.3 is 5.32 Å². The molecule has 1 amide bonds. The van der Waals surface area contributed by atoms with Crippen LogP contribution >= 0.6 is 11.8 Å². The lowest BCUT2D eigenvalue weighted by molar-refractivity contribution is -0.118. The number of amides is 1. The monoisotopic (exact) mass is 404 g/mol. The molecule has 2 aromatic carbocycles. The van der Waals surface area contributed by atoms with E-state index >= 15 is 0 Å². The van der Waals surface area contributed by atoms with E-state index in [-0.39, 0.29) is 5.91 Å². The minimum Gasteiger partial charge on any atom is -0.355 e. The number of benzene rings is 2. The number of carbonyl (C=O) groups excluding carboxylic acids is 1. The highest BCUT2D eigenvalue weighted by atomic mass is 32.2. The Morgan fingerprint density at radius 2 is 2.00 bits per heavy atom. The van der Waals surface area contributed by atoms with E-state index in [1.54, 1.807) is 6.20 Å². The van der Waals surface area contributed by atoms with Crippen LogP contribution in [0.1, 0.15) is 20.3 Å². The standard InChI is InChI=1S/C23H24N4OS/c1-16(2)10-11-24-22(28)15-29-23-21-14-20(26-27(21)13-12-25-23)19-9-5-7-17-6-3-4-8-18(17)19/h3-9,12-14,16H,10-11,15H2,1-2H3,(H,24,28). The van der Waals surface area contributed by atoms with Gasteiger partial charge in [-0.1, -0.05) is 68.1 Å². The maximum absolute atomic E-state index is 12.1. The molecule has 0 atom stereocenters. The van der Waals surface area contributed by atoms with Gasteiger partial charge >= 0.3 is 0 Å². The summed E-state index contributed by atoms with van der Waals surface area (Å²) in [7, 11) is 0. The molecule has 148 valence electrons. The van der Waals surface area contributed by atoms with Crippen molar-refractivity contribution in [2.24, 2.45) is 5.92 Å². The van der Waals surface area contributed by atoms with Crippen LogP contribution in [0.15, 0.2) is 66.0 Å². The zero-order valence-corrected chi connectivity index (χ0v) is 17.4. The molecule has 0 radical (unpaired) electrons. The summed E-state index contributed by atoms with van der Waals surface area (Å²) in [6.45, 7) is 5.02. The summed E-state index contributed by atoms with van der Waals surface area (Å²) in [6, 6.07) is 16.6. The SMILES string of the molecule is CC(C)CCNC(=O)CSc1nccn2nc(-c3cccc4ccccc34)cc12. The highest BCUT2D eigenvalue weighted by molar-refractivity contribution is 8.00. The highest BCUT2D eigenvalue weighted by Gasteiger charge is 2.13. The summed E-state index contributed by atoms with van der Waals surface area (Å²) in [5.41, 5.74) is 2.91. The number of carbonyl (C=O) groups is 1. The van der Waals surface area contributed by atoms with Crippen LogP contribution in [0, 0.1) is 5.92 Å². The molecule has 0 aliphatic carbocycles. The van der Waals surface area contributed by atoms with Crippen LogP contribution in [0.25, 0.3) is 27.5 Å². The first-order valence-corrected chi connectivity index (χ1v) is 10.8. The van der Waals surface area contributed by atoms with Gasteiger partial charge in [-0.15, -0.1) is 0 Å². The average Bonchev–Trinajstić information content (AvgIpc) is 3.16. The number of thioether (sulfide) groups is 1. The zero-order valence-electron chi connectivity index (χ0n) is 16.6. The molecule has 6 heteroatoms. The van der Waals surface area contributed by atoms with Gasteiger partial charge in [-0.25, -0.2) is 9.50 Å². The Balaban J connectivity index is 1.57. The van der Waals surface area contributed by atoms with Crippen LogP contribution in [0.3, 0.4) is 0 Å². The van der Waals surface area contributed by atoms with E-state index in [4.69, 9.17) is 5.10 Å². The topological polar surface area (TPSA) is 59.3 Å². The molecule has 2 aromatic heterocycles. The lowest BCUT2D eigenvalue weighted by Gasteiger charge is -2.07. The summed E-state index contributed by atoms with van der Waals surface area (Å²) in [4.78, 5) is 16.6. The van der Waals surface area contributed by atoms with Gasteiger partial charge in [-0.2, -0.15) is 5.10 Å². The number of nitrogens with one attached hydrogen (secondary N) is 1. The summed E-state index contributed by atoms with van der Waals surface area (Å²) in [5, 5.41) is 10.9. The van der Waals surface area contributed by atoms with E-state index < -0.39 is 0 Å². The molecule has 1 N–H and O–H groups in total. The second kappa shape index (κ2) is 8.66. The van der Waals surface area contributed by atoms with Crippen molar-refractivity contribution in [1.29, 1.82) is 0 Å². The summed E-state index contributed by atoms with van der Waals surface area (Å²) in [6.07, 6.45) is 4.56. The number of nitrogens with zero attached hydrogens (tertiary/aromatic N) is 3. The van der Waals surface area contributed by atoms with Gasteiger partial charge in [-0.05, 0) is 29.2 Å². The summed E-state index contributed by atoms with van der Waals surface area (Å²) in [5.74, 6) is 0.963. The van der Waals surface area contributed by atoms with E-state index in [0.29, 0.717) is 18.2 Å². The second-order valence-electron chi connectivity index (χ2n) is 7.44. The van der Waals surface area contributed by atoms with Crippen LogP contribution in [0.5, 0.6) is 0 Å². The largest absolute Gasteiger partial charge is 0.355 e. The molecule has 5 nitrogen and oxygen atoms in total. The molecule has 29 heavy (non-hydrogen) atoms. The first kappa shape index (κ1) is 19.5. The van der Waals surface area contributed by atoms with E-state index in [1.165, 1.54) is 22.5 Å². The third-order valence-corrected chi connectivity index (χ3v) is 5.80. The van der Waals surface area contributed by atoms with E-state index in [0.717, 1.165) is 28.2 Å². The fourth-order valence-corrected chi connectivity index (χ4v) is 4.08. The van der Waals surface area contributed by atoms with Crippen molar-refractivity contribution in [3.63, 3.8) is 0 Å². The Kier molecular flexibility index (Phi) is 5.81. The quantitative estimate of drug-likeness (QED) is 0.449. The van der Waals surface area contributed by atoms with Crippen LogP contribution in [-0.2, 0) is 4.79 Å². The van der Waals surface area contributed by atoms with Gasteiger partial charge in [0, 0.05) is 24.5 Å². The Morgan fingerprint density at radius 3 is 2.86 bits per heavy atom. The molecule has 0 aliphatic rings. The third kappa shape index (κ3) is 4.43. The van der Waals surface area contributed by atoms with Crippen molar-refractivity contribution >= 4 is 34.0 Å². The van der Waals surface area contributed by atoms with Crippen LogP contribution < -0.4 is 5.32 Å². The summed E-state index contributed by atoms with van der Waals surface area (Å²) < 4.78 is 1.84. The van der Waals surface area contributed by atoms with Crippen molar-refractivity contribution in [1.82, 2.24) is 19.9 Å². The van der Waals surface area contributed by atoms with Gasteiger partial charge in [0.2, 0.25) is 5.91 Å². The van der Waals surface area contributed by atoms with Crippen molar-refractivity contribution < 1.29 is 4.79 Å². The van der Waals surface area contributed by atoms with Crippen molar-refractivity contribution in [2.75, 3.05) is 12.3 Å². The van der Waals surface area contributed by atoms with E-state index in [1.807, 2.05) is 28.9 Å². The van der Waals surface area contributed by atoms with Gasteiger partial charge in [-0.3, -0.25) is 4.79 Å². The smallest absolute Gasteiger partial charge is 0.230 e. The molecular weight excluding hydrogens is 380 g/mol. The minimum absolute atomic E-state index is 0.0354. The maximum Gasteiger partial charge on any atom is 0.230 e. The molecule has 0 unspecified atom stereocenters. The lowest BCUT2D eigenvalue weighted by atomic mass is 10.0. The van der Waals surface area contributed by atoms with Gasteiger partial charge in [0.1, 0.15) is 5.03 Å². The second-order valence-corrected chi connectivity index (χ2v) is 8.40. The molecule has 0 saturated heterocycles. The first-order valence-electron chi connectivity index (χ1n) is 9.84. The van der Waals surface area contributed by atoms with Crippen LogP contribution in [-0.4, -0.2) is 32.8 Å². The molecule has 2 heterocycles. The molecule has 4 rings (SSSR count). The predicted octanol–water partition coefficient (Wildman–Crippen LogP) is 4.80. The van der Waals surface area contributed by atoms with Crippen molar-refractivity contribution in [3.8, 4) is 11.3 Å². The Bertz CT molecular complexity index is 1150. The summed E-state index contributed by atoms with van der Waals surface area (Å²) >= 11 is 1.45. The van der Waals surface area contributed by atoms with Gasteiger partial charge in [0.15, 0.2) is 0 Å². The Hall–Kier alpha value is -2.86. The van der Waals surface area contributed by atoms with Crippen LogP contribution in [0.4, 0.5) is 0 Å². The molecule has 0 bridgehead atoms. The molecule has 0 aliphatic heterocycles. The minimum atomic E-state index is 0.0354. The fraction of sp³-hybridized carbons (Fsp3) is 0.261. The fourth-order valence-electron chi connectivity index (χ4n) is 3.27. The predicted molar refractivity (Wildman–Crippen MR) is 119 cm³/mol. The molecule has 0 fully saturated rings. The maximum atomic E-state index is 12.1. The van der Waals surface area contributed by atoms with Gasteiger partial charge in [0.25, 0.3) is 0 Å². The number of hydrogen-bond donors (Lipinski definition) is 1. The van der Waals surface area contributed by atoms with E-state index in [2.05, 4.69) is 54.5 Å². The number of fused-ring (bicyclic) bond motifs is 2. The molecule has 0 saturated carbocycles. The number of hydrogen-bond acceptors (Lipinski definition) is 4. The molecule has 0 spiro atoms. The lowest BCUT2D eigenvalue weighted by Crippen LogP contribution is -2.26. The van der Waals surface area contributed by atoms with E-state index in [9.17, 15) is 4.79 Å². The number of rotatable bonds is 7.